The number of halogens is 1. The molecular weight excluding hydrogens is 371 g/mol. The zero-order valence-electron chi connectivity index (χ0n) is 15.1. The number of aromatic amines is 1. The number of anilines is 1. The van der Waals surface area contributed by atoms with Crippen LogP contribution >= 0.6 is 0 Å². The van der Waals surface area contributed by atoms with Gasteiger partial charge in [0.05, 0.1) is 16.5 Å². The molecule has 8 heteroatoms. The molecule has 3 aromatic heterocycles. The second-order valence-corrected chi connectivity index (χ2v) is 6.54. The van der Waals surface area contributed by atoms with Gasteiger partial charge < -0.3 is 5.32 Å². The number of pyridine rings is 1. The number of nitrogens with zero attached hydrogens (tertiary/aromatic N) is 4. The van der Waals surface area contributed by atoms with E-state index in [0.717, 1.165) is 5.56 Å². The van der Waals surface area contributed by atoms with Gasteiger partial charge in [0.1, 0.15) is 11.3 Å². The highest BCUT2D eigenvalue weighted by Gasteiger charge is 2.16. The molecule has 0 aliphatic carbocycles. The third-order valence-electron chi connectivity index (χ3n) is 4.66. The van der Waals surface area contributed by atoms with E-state index in [1.54, 1.807) is 23.0 Å². The van der Waals surface area contributed by atoms with Crippen LogP contribution in [-0.2, 0) is 6.54 Å². The van der Waals surface area contributed by atoms with Crippen LogP contribution in [0.3, 0.4) is 0 Å². The smallest absolute Gasteiger partial charge is 0.267 e. The Balaban J connectivity index is 1.66. The summed E-state index contributed by atoms with van der Waals surface area (Å²) < 4.78 is 14.9. The molecule has 7 nitrogen and oxygen atoms in total. The molecule has 2 N–H and O–H groups in total. The third-order valence-corrected chi connectivity index (χ3v) is 4.66. The van der Waals surface area contributed by atoms with Crippen molar-refractivity contribution >= 4 is 27.9 Å². The van der Waals surface area contributed by atoms with Crippen molar-refractivity contribution in [1.29, 1.82) is 0 Å². The number of rotatable bonds is 4. The predicted molar refractivity (Wildman–Crippen MR) is 109 cm³/mol. The zero-order valence-corrected chi connectivity index (χ0v) is 15.1. The average molecular weight is 386 g/mol. The first-order chi connectivity index (χ1) is 14.2. The van der Waals surface area contributed by atoms with Gasteiger partial charge in [0, 0.05) is 18.9 Å². The Morgan fingerprint density at radius 2 is 1.93 bits per heavy atom. The fraction of sp³-hybridized carbons (Fsp3) is 0.0476. The van der Waals surface area contributed by atoms with Gasteiger partial charge in [0.2, 0.25) is 5.95 Å². The van der Waals surface area contributed by atoms with E-state index in [1.165, 1.54) is 12.1 Å². The molecule has 0 unspecified atom stereocenters. The fourth-order valence-corrected chi connectivity index (χ4v) is 3.32. The number of benzene rings is 2. The van der Waals surface area contributed by atoms with Gasteiger partial charge in [-0.25, -0.2) is 9.37 Å². The molecule has 3 heterocycles. The molecule has 0 aliphatic heterocycles. The summed E-state index contributed by atoms with van der Waals surface area (Å²) >= 11 is 0. The molecule has 0 fully saturated rings. The summed E-state index contributed by atoms with van der Waals surface area (Å²) in [4.78, 5) is 22.0. The standard InChI is InChI=1S/C21H15FN6O/c22-14-6-4-5-13(9-14)10-23-21-24-11-16-18-17(12-25-27-18)20(29)28(19(16)26-21)15-7-2-1-3-8-15/h1-9,11-12H,10H2,(H,25,27)(H,23,24,26). The van der Waals surface area contributed by atoms with Crippen molar-refractivity contribution in [2.75, 3.05) is 5.32 Å². The maximum absolute atomic E-state index is 13.4. The number of fused-ring (bicyclic) bond motifs is 3. The zero-order chi connectivity index (χ0) is 19.8. The van der Waals surface area contributed by atoms with Crippen LogP contribution in [-0.4, -0.2) is 24.7 Å². The highest BCUT2D eigenvalue weighted by Crippen LogP contribution is 2.22. The van der Waals surface area contributed by atoms with Crippen LogP contribution in [0.15, 0.2) is 71.8 Å². The van der Waals surface area contributed by atoms with E-state index in [2.05, 4.69) is 25.5 Å². The van der Waals surface area contributed by atoms with Crippen LogP contribution < -0.4 is 10.9 Å². The quantitative estimate of drug-likeness (QED) is 0.494. The van der Waals surface area contributed by atoms with E-state index in [-0.39, 0.29) is 11.4 Å². The van der Waals surface area contributed by atoms with E-state index in [4.69, 9.17) is 0 Å². The molecule has 0 aliphatic rings. The molecule has 0 saturated carbocycles. The number of aromatic nitrogens is 5. The Hall–Kier alpha value is -4.07. The van der Waals surface area contributed by atoms with E-state index in [9.17, 15) is 9.18 Å². The normalized spacial score (nSPS) is 11.2. The molecule has 0 bridgehead atoms. The van der Waals surface area contributed by atoms with E-state index in [1.807, 2.05) is 36.4 Å². The Labute approximate surface area is 163 Å². The first-order valence-electron chi connectivity index (χ1n) is 9.00. The number of para-hydroxylation sites is 1. The third kappa shape index (κ3) is 3.00. The van der Waals surface area contributed by atoms with Crippen molar-refractivity contribution in [3.63, 3.8) is 0 Å². The monoisotopic (exact) mass is 386 g/mol. The van der Waals surface area contributed by atoms with Crippen LogP contribution in [0.25, 0.3) is 27.6 Å². The van der Waals surface area contributed by atoms with Gasteiger partial charge in [-0.05, 0) is 29.8 Å². The van der Waals surface area contributed by atoms with Gasteiger partial charge in [0.15, 0.2) is 5.65 Å². The first kappa shape index (κ1) is 17.1. The van der Waals surface area contributed by atoms with Gasteiger partial charge in [-0.15, -0.1) is 0 Å². The highest BCUT2D eigenvalue weighted by atomic mass is 19.1. The average Bonchev–Trinajstić information content (AvgIpc) is 3.24. The van der Waals surface area contributed by atoms with Crippen LogP contribution in [0.5, 0.6) is 0 Å². The maximum Gasteiger partial charge on any atom is 0.267 e. The lowest BCUT2D eigenvalue weighted by atomic mass is 10.2. The summed E-state index contributed by atoms with van der Waals surface area (Å²) in [6.45, 7) is 0.351. The molecule has 0 atom stereocenters. The summed E-state index contributed by atoms with van der Waals surface area (Å²) in [7, 11) is 0. The Morgan fingerprint density at radius 3 is 2.76 bits per heavy atom. The molecular formula is C21H15FN6O. The van der Waals surface area contributed by atoms with Crippen molar-refractivity contribution in [1.82, 2.24) is 24.7 Å². The van der Waals surface area contributed by atoms with E-state index < -0.39 is 0 Å². The second-order valence-electron chi connectivity index (χ2n) is 6.54. The Morgan fingerprint density at radius 1 is 1.07 bits per heavy atom. The lowest BCUT2D eigenvalue weighted by Gasteiger charge is -2.12. The van der Waals surface area contributed by atoms with Gasteiger partial charge in [-0.2, -0.15) is 10.1 Å². The number of H-pyrrole nitrogens is 1. The van der Waals surface area contributed by atoms with E-state index >= 15 is 0 Å². The summed E-state index contributed by atoms with van der Waals surface area (Å²) in [6.07, 6.45) is 3.21. The lowest BCUT2D eigenvalue weighted by molar-refractivity contribution is 0.626. The minimum Gasteiger partial charge on any atom is -0.350 e. The molecule has 142 valence electrons. The molecule has 5 rings (SSSR count). The van der Waals surface area contributed by atoms with Gasteiger partial charge in [0.25, 0.3) is 5.56 Å². The summed E-state index contributed by atoms with van der Waals surface area (Å²) in [5.41, 5.74) is 2.20. The molecule has 0 amide bonds. The van der Waals surface area contributed by atoms with Crippen LogP contribution in [0.1, 0.15) is 5.56 Å². The lowest BCUT2D eigenvalue weighted by Crippen LogP contribution is -2.20. The first-order valence-corrected chi connectivity index (χ1v) is 9.00. The van der Waals surface area contributed by atoms with E-state index in [0.29, 0.717) is 40.1 Å². The minimum atomic E-state index is -0.303. The van der Waals surface area contributed by atoms with Crippen LogP contribution in [0.2, 0.25) is 0 Å². The number of hydrogen-bond donors (Lipinski definition) is 2. The van der Waals surface area contributed by atoms with Gasteiger partial charge in [-0.3, -0.25) is 14.5 Å². The highest BCUT2D eigenvalue weighted by molar-refractivity contribution is 6.02. The molecule has 5 aromatic rings. The predicted octanol–water partition coefficient (Wildman–Crippen LogP) is 3.41. The molecule has 0 radical (unpaired) electrons. The van der Waals surface area contributed by atoms with Crippen molar-refractivity contribution in [3.05, 3.63) is 88.7 Å². The van der Waals surface area contributed by atoms with Crippen molar-refractivity contribution in [2.24, 2.45) is 0 Å². The van der Waals surface area contributed by atoms with Gasteiger partial charge in [-0.1, -0.05) is 30.3 Å². The van der Waals surface area contributed by atoms with Crippen LogP contribution in [0.4, 0.5) is 10.3 Å². The fourth-order valence-electron chi connectivity index (χ4n) is 3.32. The second kappa shape index (κ2) is 6.83. The van der Waals surface area contributed by atoms with Crippen LogP contribution in [0, 0.1) is 5.82 Å². The summed E-state index contributed by atoms with van der Waals surface area (Å²) in [5, 5.41) is 11.1. The molecule has 2 aromatic carbocycles. The van der Waals surface area contributed by atoms with Crippen molar-refractivity contribution in [3.8, 4) is 5.69 Å². The SMILES string of the molecule is O=c1c2c[nH]nc2c2cnc(NCc3cccc(F)c3)nc2n1-c1ccccc1. The van der Waals surface area contributed by atoms with Crippen molar-refractivity contribution < 1.29 is 4.39 Å². The van der Waals surface area contributed by atoms with Crippen molar-refractivity contribution in [2.45, 2.75) is 6.54 Å². The summed E-state index contributed by atoms with van der Waals surface area (Å²) in [6, 6.07) is 15.6. The maximum atomic E-state index is 13.4. The molecule has 0 saturated heterocycles. The number of hydrogen-bond acceptors (Lipinski definition) is 5. The van der Waals surface area contributed by atoms with Gasteiger partial charge >= 0.3 is 0 Å². The molecule has 29 heavy (non-hydrogen) atoms. The summed E-state index contributed by atoms with van der Waals surface area (Å²) in [5.74, 6) is 0.0308. The largest absolute Gasteiger partial charge is 0.350 e. The molecule has 0 spiro atoms. The number of nitrogens with one attached hydrogen (secondary N) is 2. The Bertz CT molecular complexity index is 1390. The Kier molecular flexibility index (Phi) is 4.02. The topological polar surface area (TPSA) is 88.5 Å². The minimum absolute atomic E-state index is 0.220.